The third-order valence-corrected chi connectivity index (χ3v) is 4.30. The summed E-state index contributed by atoms with van der Waals surface area (Å²) in [7, 11) is 0. The van der Waals surface area contributed by atoms with E-state index in [1.54, 1.807) is 31.2 Å². The van der Waals surface area contributed by atoms with Gasteiger partial charge in [-0.2, -0.15) is 0 Å². The molecule has 0 bridgehead atoms. The number of urea groups is 1. The first kappa shape index (κ1) is 21.8. The molecule has 2 aromatic rings. The van der Waals surface area contributed by atoms with Gasteiger partial charge in [0.2, 0.25) is 0 Å². The zero-order valence-electron chi connectivity index (χ0n) is 17.4. The third kappa shape index (κ3) is 4.98. The fraction of sp³-hybridized carbons (Fsp3) is 0.217. The monoisotopic (exact) mass is 422 g/mol. The zero-order valence-corrected chi connectivity index (χ0v) is 17.4. The zero-order chi connectivity index (χ0) is 22.5. The van der Waals surface area contributed by atoms with Gasteiger partial charge in [-0.15, -0.1) is 0 Å². The summed E-state index contributed by atoms with van der Waals surface area (Å²) in [5.41, 5.74) is 0.911. The van der Waals surface area contributed by atoms with Crippen LogP contribution in [0.3, 0.4) is 0 Å². The number of anilines is 1. The Morgan fingerprint density at radius 2 is 1.68 bits per heavy atom. The van der Waals surface area contributed by atoms with Crippen molar-refractivity contribution in [2.24, 2.45) is 0 Å². The standard InChI is InChI=1S/C23H22N2O6/c1-4-30-22(28)16-7-9-17(10-8-16)25-21(27)19(20(26)24-23(25)29)13-15-5-11-18(12-6-15)31-14(2)3/h5-14H,4H2,1-3H3,(H,24,26,29)/b19-13+. The van der Waals surface area contributed by atoms with Gasteiger partial charge in [-0.05, 0) is 68.8 Å². The van der Waals surface area contributed by atoms with E-state index >= 15 is 0 Å². The highest BCUT2D eigenvalue weighted by Gasteiger charge is 2.36. The van der Waals surface area contributed by atoms with Crippen LogP contribution in [-0.2, 0) is 14.3 Å². The van der Waals surface area contributed by atoms with Crippen molar-refractivity contribution in [1.29, 1.82) is 0 Å². The van der Waals surface area contributed by atoms with E-state index in [2.05, 4.69) is 5.32 Å². The number of amides is 4. The van der Waals surface area contributed by atoms with E-state index in [4.69, 9.17) is 9.47 Å². The summed E-state index contributed by atoms with van der Waals surface area (Å²) in [5, 5.41) is 2.17. The van der Waals surface area contributed by atoms with Gasteiger partial charge in [-0.3, -0.25) is 14.9 Å². The van der Waals surface area contributed by atoms with Gasteiger partial charge in [-0.1, -0.05) is 12.1 Å². The summed E-state index contributed by atoms with van der Waals surface area (Å²) in [4.78, 5) is 50.2. The molecule has 0 atom stereocenters. The van der Waals surface area contributed by atoms with Crippen LogP contribution in [0.4, 0.5) is 10.5 Å². The molecule has 1 saturated heterocycles. The fourth-order valence-corrected chi connectivity index (χ4v) is 2.93. The maximum atomic E-state index is 12.9. The van der Waals surface area contributed by atoms with Gasteiger partial charge in [0.05, 0.1) is 24.0 Å². The minimum atomic E-state index is -0.864. The summed E-state index contributed by atoms with van der Waals surface area (Å²) >= 11 is 0. The molecule has 8 heteroatoms. The van der Waals surface area contributed by atoms with Crippen molar-refractivity contribution in [3.05, 3.63) is 65.2 Å². The number of barbiturate groups is 1. The van der Waals surface area contributed by atoms with Crippen LogP contribution in [0, 0.1) is 0 Å². The van der Waals surface area contributed by atoms with E-state index in [9.17, 15) is 19.2 Å². The molecule has 0 unspecified atom stereocenters. The minimum Gasteiger partial charge on any atom is -0.491 e. The molecule has 3 rings (SSSR count). The molecule has 1 heterocycles. The minimum absolute atomic E-state index is 0.0182. The molecule has 0 aliphatic carbocycles. The number of nitrogens with zero attached hydrogens (tertiary/aromatic N) is 1. The first-order chi connectivity index (χ1) is 14.8. The van der Waals surface area contributed by atoms with Gasteiger partial charge >= 0.3 is 12.0 Å². The topological polar surface area (TPSA) is 102 Å². The highest BCUT2D eigenvalue weighted by atomic mass is 16.5. The third-order valence-electron chi connectivity index (χ3n) is 4.30. The second-order valence-electron chi connectivity index (χ2n) is 6.96. The highest BCUT2D eigenvalue weighted by molar-refractivity contribution is 6.39. The van der Waals surface area contributed by atoms with Crippen molar-refractivity contribution in [1.82, 2.24) is 5.32 Å². The van der Waals surface area contributed by atoms with Crippen molar-refractivity contribution in [3.63, 3.8) is 0 Å². The van der Waals surface area contributed by atoms with E-state index in [0.717, 1.165) is 4.90 Å². The number of nitrogens with one attached hydrogen (secondary N) is 1. The van der Waals surface area contributed by atoms with Crippen molar-refractivity contribution >= 4 is 35.6 Å². The van der Waals surface area contributed by atoms with Gasteiger partial charge < -0.3 is 9.47 Å². The molecule has 1 N–H and O–H groups in total. The van der Waals surface area contributed by atoms with Crippen LogP contribution in [0.2, 0.25) is 0 Å². The van der Waals surface area contributed by atoms with Gasteiger partial charge in [0, 0.05) is 0 Å². The number of carbonyl (C=O) groups excluding carboxylic acids is 4. The number of hydrogen-bond donors (Lipinski definition) is 1. The van der Waals surface area contributed by atoms with E-state index in [0.29, 0.717) is 11.3 Å². The molecule has 0 saturated carbocycles. The smallest absolute Gasteiger partial charge is 0.338 e. The number of ether oxygens (including phenoxy) is 2. The molecule has 4 amide bonds. The Kier molecular flexibility index (Phi) is 6.49. The van der Waals surface area contributed by atoms with E-state index in [1.165, 1.54) is 30.3 Å². The summed E-state index contributed by atoms with van der Waals surface area (Å²) < 4.78 is 10.5. The Hall–Kier alpha value is -3.94. The summed E-state index contributed by atoms with van der Waals surface area (Å²) in [6.07, 6.45) is 1.42. The molecule has 8 nitrogen and oxygen atoms in total. The molecule has 0 spiro atoms. The second-order valence-corrected chi connectivity index (χ2v) is 6.96. The van der Waals surface area contributed by atoms with Crippen molar-refractivity contribution < 1.29 is 28.7 Å². The van der Waals surface area contributed by atoms with Crippen LogP contribution >= 0.6 is 0 Å². The van der Waals surface area contributed by atoms with Crippen molar-refractivity contribution in [3.8, 4) is 5.75 Å². The lowest BCUT2D eigenvalue weighted by molar-refractivity contribution is -0.122. The van der Waals surface area contributed by atoms with Gasteiger partial charge in [0.15, 0.2) is 0 Å². The molecule has 1 fully saturated rings. The van der Waals surface area contributed by atoms with Crippen LogP contribution in [-0.4, -0.2) is 36.5 Å². The van der Waals surface area contributed by atoms with Crippen LogP contribution in [0.5, 0.6) is 5.75 Å². The van der Waals surface area contributed by atoms with Crippen LogP contribution in [0.15, 0.2) is 54.1 Å². The number of imide groups is 2. The Labute approximate surface area is 179 Å². The highest BCUT2D eigenvalue weighted by Crippen LogP contribution is 2.23. The normalized spacial score (nSPS) is 15.3. The van der Waals surface area contributed by atoms with E-state index in [1.807, 2.05) is 13.8 Å². The molecule has 31 heavy (non-hydrogen) atoms. The van der Waals surface area contributed by atoms with Gasteiger partial charge in [0.25, 0.3) is 11.8 Å². The van der Waals surface area contributed by atoms with E-state index < -0.39 is 23.8 Å². The number of rotatable bonds is 6. The molecule has 0 aromatic heterocycles. The molecule has 0 radical (unpaired) electrons. The molecule has 2 aromatic carbocycles. The number of hydrogen-bond acceptors (Lipinski definition) is 6. The fourth-order valence-electron chi connectivity index (χ4n) is 2.93. The summed E-state index contributed by atoms with van der Waals surface area (Å²) in [6.45, 7) is 5.74. The second kappa shape index (κ2) is 9.25. The SMILES string of the molecule is CCOC(=O)c1ccc(N2C(=O)NC(=O)/C(=C\c3ccc(OC(C)C)cc3)C2=O)cc1. The Bertz CT molecular complexity index is 1040. The summed E-state index contributed by atoms with van der Waals surface area (Å²) in [6, 6.07) is 11.8. The van der Waals surface area contributed by atoms with Gasteiger partial charge in [0.1, 0.15) is 11.3 Å². The number of benzene rings is 2. The molecular formula is C23H22N2O6. The van der Waals surface area contributed by atoms with E-state index in [-0.39, 0.29) is 29.5 Å². The maximum Gasteiger partial charge on any atom is 0.338 e. The average Bonchev–Trinajstić information content (AvgIpc) is 2.72. The lowest BCUT2D eigenvalue weighted by atomic mass is 10.1. The predicted molar refractivity (Wildman–Crippen MR) is 114 cm³/mol. The summed E-state index contributed by atoms with van der Waals surface area (Å²) in [5.74, 6) is -1.39. The first-order valence-electron chi connectivity index (χ1n) is 9.75. The van der Waals surface area contributed by atoms with Gasteiger partial charge in [-0.25, -0.2) is 14.5 Å². The molecule has 1 aliphatic rings. The largest absolute Gasteiger partial charge is 0.491 e. The lowest BCUT2D eigenvalue weighted by Gasteiger charge is -2.26. The lowest BCUT2D eigenvalue weighted by Crippen LogP contribution is -2.54. The quantitative estimate of drug-likeness (QED) is 0.435. The molecule has 160 valence electrons. The Morgan fingerprint density at radius 1 is 1.03 bits per heavy atom. The number of esters is 1. The van der Waals surface area contributed by atoms with Crippen molar-refractivity contribution in [2.75, 3.05) is 11.5 Å². The number of carbonyl (C=O) groups is 4. The van der Waals surface area contributed by atoms with Crippen molar-refractivity contribution in [2.45, 2.75) is 26.9 Å². The Balaban J connectivity index is 1.86. The van der Waals surface area contributed by atoms with Crippen LogP contribution < -0.4 is 15.0 Å². The van der Waals surface area contributed by atoms with Crippen LogP contribution in [0.25, 0.3) is 6.08 Å². The first-order valence-corrected chi connectivity index (χ1v) is 9.75. The average molecular weight is 422 g/mol. The predicted octanol–water partition coefficient (Wildman–Crippen LogP) is 3.32. The molecule has 1 aliphatic heterocycles. The Morgan fingerprint density at radius 3 is 2.26 bits per heavy atom. The van der Waals surface area contributed by atoms with Crippen LogP contribution in [0.1, 0.15) is 36.7 Å². The maximum absolute atomic E-state index is 12.9. The molecular weight excluding hydrogens is 400 g/mol.